The molecule has 8 rings (SSSR count). The maximum atomic E-state index is 2.51. The Morgan fingerprint density at radius 3 is 0.778 bits per heavy atom. The van der Waals surface area contributed by atoms with Gasteiger partial charge in [0, 0.05) is 32.7 Å². The second-order valence-electron chi connectivity index (χ2n) is 19.6. The molecule has 0 fully saturated rings. The molecule has 2 nitrogen and oxygen atoms in total. The summed E-state index contributed by atoms with van der Waals surface area (Å²) < 4.78 is 5.01. The topological polar surface area (TPSA) is 9.86 Å². The van der Waals surface area contributed by atoms with Crippen LogP contribution in [0.4, 0.5) is 0 Å². The zero-order valence-corrected chi connectivity index (χ0v) is 34.4. The van der Waals surface area contributed by atoms with Crippen molar-refractivity contribution in [1.82, 2.24) is 9.13 Å². The van der Waals surface area contributed by atoms with E-state index < -0.39 is 0 Å². The van der Waals surface area contributed by atoms with Crippen LogP contribution in [0.5, 0.6) is 0 Å². The summed E-state index contributed by atoms with van der Waals surface area (Å²) in [7, 11) is 0. The number of benzene rings is 6. The first-order valence-electron chi connectivity index (χ1n) is 19.7. The molecule has 0 unspecified atom stereocenters. The summed E-state index contributed by atoms with van der Waals surface area (Å²) >= 11 is 0. The molecule has 2 aromatic heterocycles. The van der Waals surface area contributed by atoms with E-state index >= 15 is 0 Å². The molecular formula is C52H56N2. The van der Waals surface area contributed by atoms with Gasteiger partial charge in [0.1, 0.15) is 0 Å². The Kier molecular flexibility index (Phi) is 8.13. The third-order valence-corrected chi connectivity index (χ3v) is 11.6. The van der Waals surface area contributed by atoms with Gasteiger partial charge in [-0.2, -0.15) is 0 Å². The molecule has 2 heterocycles. The van der Waals surface area contributed by atoms with E-state index in [9.17, 15) is 0 Å². The summed E-state index contributed by atoms with van der Waals surface area (Å²) in [4.78, 5) is 0. The fraction of sp³-hybridized carbons (Fsp3) is 0.308. The van der Waals surface area contributed by atoms with Crippen LogP contribution in [0.3, 0.4) is 0 Å². The fourth-order valence-electron chi connectivity index (χ4n) is 8.22. The van der Waals surface area contributed by atoms with Gasteiger partial charge >= 0.3 is 0 Å². The Hall–Kier alpha value is -5.08. The van der Waals surface area contributed by atoms with Crippen molar-refractivity contribution in [3.63, 3.8) is 0 Å². The molecule has 0 bridgehead atoms. The minimum Gasteiger partial charge on any atom is -0.309 e. The molecular weight excluding hydrogens is 653 g/mol. The summed E-state index contributed by atoms with van der Waals surface area (Å²) in [6, 6.07) is 46.4. The molecule has 0 aliphatic carbocycles. The van der Waals surface area contributed by atoms with Crippen LogP contribution in [0.2, 0.25) is 0 Å². The molecule has 0 N–H and O–H groups in total. The summed E-state index contributed by atoms with van der Waals surface area (Å²) in [5.74, 6) is 0. The molecule has 2 heteroatoms. The van der Waals surface area contributed by atoms with Crippen molar-refractivity contribution in [2.75, 3.05) is 0 Å². The summed E-state index contributed by atoms with van der Waals surface area (Å²) in [6.07, 6.45) is 0. The molecule has 0 saturated heterocycles. The molecule has 274 valence electrons. The lowest BCUT2D eigenvalue weighted by Gasteiger charge is -2.21. The molecule has 0 amide bonds. The molecule has 0 aliphatic rings. The minimum absolute atomic E-state index is 0.0463. The quantitative estimate of drug-likeness (QED) is 0.173. The minimum atomic E-state index is 0.0463. The highest BCUT2D eigenvalue weighted by Crippen LogP contribution is 2.43. The lowest BCUT2D eigenvalue weighted by Crippen LogP contribution is -2.10. The standard InChI is InChI=1S/C52H56N2/c1-49(2,3)33-21-25-45-39(29-33)40-30-34(50(4,5)6)22-26-46(40)53(45)43-19-15-13-17-37(43)38-18-14-16-20-44(38)54-47-27-23-35(51(7,8)9)31-41(47)42-32-36(52(10,11)12)24-28-48(42)54/h13-32H,1-12H3. The van der Waals surface area contributed by atoms with Gasteiger partial charge in [-0.1, -0.05) is 144 Å². The average Bonchev–Trinajstić information content (AvgIpc) is 3.61. The number of nitrogens with zero attached hydrogens (tertiary/aromatic N) is 2. The van der Waals surface area contributed by atoms with Crippen molar-refractivity contribution in [1.29, 1.82) is 0 Å². The number of hydrogen-bond acceptors (Lipinski definition) is 0. The first-order chi connectivity index (χ1) is 25.3. The SMILES string of the molecule is CC(C)(C)c1ccc2c(c1)c1cc(C(C)(C)C)ccc1n2-c1ccccc1-c1ccccc1-n1c2ccc(C(C)(C)C)cc2c2cc(C(C)(C)C)ccc21. The third kappa shape index (κ3) is 5.95. The zero-order valence-electron chi connectivity index (χ0n) is 34.4. The van der Waals surface area contributed by atoms with Crippen molar-refractivity contribution < 1.29 is 0 Å². The first-order valence-corrected chi connectivity index (χ1v) is 19.7. The van der Waals surface area contributed by atoms with Crippen LogP contribution >= 0.6 is 0 Å². The fourth-order valence-corrected chi connectivity index (χ4v) is 8.22. The number of fused-ring (bicyclic) bond motifs is 6. The van der Waals surface area contributed by atoms with Crippen molar-refractivity contribution in [2.45, 2.75) is 105 Å². The van der Waals surface area contributed by atoms with Crippen LogP contribution in [-0.4, -0.2) is 9.13 Å². The van der Waals surface area contributed by atoms with E-state index in [-0.39, 0.29) is 21.7 Å². The van der Waals surface area contributed by atoms with Gasteiger partial charge in [-0.15, -0.1) is 0 Å². The van der Waals surface area contributed by atoms with Crippen molar-refractivity contribution in [3.8, 4) is 22.5 Å². The summed E-state index contributed by atoms with van der Waals surface area (Å²) in [5, 5.41) is 5.22. The monoisotopic (exact) mass is 708 g/mol. The normalized spacial score (nSPS) is 13.2. The lowest BCUT2D eigenvalue weighted by atomic mass is 9.85. The van der Waals surface area contributed by atoms with E-state index in [1.165, 1.54) is 88.4 Å². The predicted octanol–water partition coefficient (Wildman–Crippen LogP) is 14.7. The Labute approximate surface area is 322 Å². The molecule has 0 spiro atoms. The van der Waals surface area contributed by atoms with Gasteiger partial charge in [-0.05, 0) is 105 Å². The smallest absolute Gasteiger partial charge is 0.0541 e. The van der Waals surface area contributed by atoms with Crippen molar-refractivity contribution in [2.24, 2.45) is 0 Å². The molecule has 8 aromatic rings. The number of para-hydroxylation sites is 2. The molecule has 54 heavy (non-hydrogen) atoms. The van der Waals surface area contributed by atoms with Gasteiger partial charge in [0.05, 0.1) is 33.4 Å². The molecule has 0 atom stereocenters. The van der Waals surface area contributed by atoms with Crippen LogP contribution in [0.1, 0.15) is 105 Å². The zero-order chi connectivity index (χ0) is 38.5. The van der Waals surface area contributed by atoms with Crippen LogP contribution in [-0.2, 0) is 21.7 Å². The van der Waals surface area contributed by atoms with E-state index in [0.717, 1.165) is 0 Å². The van der Waals surface area contributed by atoms with Gasteiger partial charge in [-0.25, -0.2) is 0 Å². The maximum absolute atomic E-state index is 2.51. The van der Waals surface area contributed by atoms with Crippen LogP contribution in [0.15, 0.2) is 121 Å². The van der Waals surface area contributed by atoms with Gasteiger partial charge in [0.2, 0.25) is 0 Å². The highest BCUT2D eigenvalue weighted by atomic mass is 15.0. The van der Waals surface area contributed by atoms with Crippen molar-refractivity contribution >= 4 is 43.6 Å². The Morgan fingerprint density at radius 2 is 0.537 bits per heavy atom. The van der Waals surface area contributed by atoms with Gasteiger partial charge < -0.3 is 9.13 Å². The van der Waals surface area contributed by atoms with Gasteiger partial charge in [0.15, 0.2) is 0 Å². The second kappa shape index (κ2) is 12.2. The van der Waals surface area contributed by atoms with Gasteiger partial charge in [0.25, 0.3) is 0 Å². The highest BCUT2D eigenvalue weighted by Gasteiger charge is 2.25. The van der Waals surface area contributed by atoms with Crippen LogP contribution in [0.25, 0.3) is 66.1 Å². The van der Waals surface area contributed by atoms with Crippen molar-refractivity contribution in [3.05, 3.63) is 144 Å². The van der Waals surface area contributed by atoms with Crippen LogP contribution in [0, 0.1) is 0 Å². The van der Waals surface area contributed by atoms with E-state index in [2.05, 4.69) is 214 Å². The number of hydrogen-bond donors (Lipinski definition) is 0. The average molecular weight is 709 g/mol. The lowest BCUT2D eigenvalue weighted by molar-refractivity contribution is 0.590. The van der Waals surface area contributed by atoms with E-state index in [0.29, 0.717) is 0 Å². The van der Waals surface area contributed by atoms with Gasteiger partial charge in [-0.3, -0.25) is 0 Å². The van der Waals surface area contributed by atoms with E-state index in [4.69, 9.17) is 0 Å². The Bertz CT molecular complexity index is 2400. The molecule has 0 radical (unpaired) electrons. The highest BCUT2D eigenvalue weighted by molar-refractivity contribution is 6.12. The summed E-state index contributed by atoms with van der Waals surface area (Å²) in [6.45, 7) is 27.7. The summed E-state index contributed by atoms with van der Waals surface area (Å²) in [5.41, 5.74) is 15.3. The Morgan fingerprint density at radius 1 is 0.296 bits per heavy atom. The predicted molar refractivity (Wildman–Crippen MR) is 235 cm³/mol. The van der Waals surface area contributed by atoms with Crippen LogP contribution < -0.4 is 0 Å². The van der Waals surface area contributed by atoms with E-state index in [1.807, 2.05) is 0 Å². The first kappa shape index (κ1) is 35.9. The maximum Gasteiger partial charge on any atom is 0.0541 e. The molecule has 0 aliphatic heterocycles. The number of aromatic nitrogens is 2. The largest absolute Gasteiger partial charge is 0.309 e. The second-order valence-corrected chi connectivity index (χ2v) is 19.6. The number of rotatable bonds is 3. The van der Waals surface area contributed by atoms with E-state index in [1.54, 1.807) is 0 Å². The third-order valence-electron chi connectivity index (χ3n) is 11.6. The molecule has 0 saturated carbocycles. The Balaban J connectivity index is 1.43. The molecule has 6 aromatic carbocycles.